The lowest BCUT2D eigenvalue weighted by Gasteiger charge is -2.22. The Labute approximate surface area is 165 Å². The second kappa shape index (κ2) is 11.0. The molecular weight excluding hydrogens is 436 g/mol. The fourth-order valence-corrected chi connectivity index (χ4v) is 2.35. The lowest BCUT2D eigenvalue weighted by atomic mass is 10.2. The van der Waals surface area contributed by atoms with Crippen LogP contribution in [-0.2, 0) is 13.0 Å². The van der Waals surface area contributed by atoms with Crippen molar-refractivity contribution >= 4 is 29.9 Å². The molecule has 0 aliphatic heterocycles. The molecule has 0 saturated heterocycles. The lowest BCUT2D eigenvalue weighted by Crippen LogP contribution is -2.38. The van der Waals surface area contributed by atoms with Crippen molar-refractivity contribution < 1.29 is 13.5 Å². The molecule has 2 aromatic rings. The third-order valence-electron chi connectivity index (χ3n) is 3.53. The van der Waals surface area contributed by atoms with E-state index in [0.29, 0.717) is 13.1 Å². The maximum Gasteiger partial charge on any atom is 0.193 e. The highest BCUT2D eigenvalue weighted by Gasteiger charge is 2.09. The Bertz CT molecular complexity index is 662. The highest BCUT2D eigenvalue weighted by atomic mass is 127. The van der Waals surface area contributed by atoms with Crippen molar-refractivity contribution in [3.05, 3.63) is 53.7 Å². The van der Waals surface area contributed by atoms with E-state index in [9.17, 15) is 4.39 Å². The minimum Gasteiger partial charge on any atom is -0.494 e. The van der Waals surface area contributed by atoms with E-state index < -0.39 is 0 Å². The van der Waals surface area contributed by atoms with Gasteiger partial charge in [0.25, 0.3) is 0 Å². The van der Waals surface area contributed by atoms with E-state index in [0.717, 1.165) is 30.2 Å². The Morgan fingerprint density at radius 3 is 2.76 bits per heavy atom. The van der Waals surface area contributed by atoms with Gasteiger partial charge in [-0.25, -0.2) is 4.39 Å². The fourth-order valence-electron chi connectivity index (χ4n) is 2.35. The molecule has 0 spiro atoms. The van der Waals surface area contributed by atoms with Crippen LogP contribution in [0.15, 0.2) is 46.0 Å². The molecule has 1 aromatic heterocycles. The smallest absolute Gasteiger partial charge is 0.193 e. The average molecular weight is 461 g/mol. The lowest BCUT2D eigenvalue weighted by molar-refractivity contribution is 0.385. The molecule has 138 valence electrons. The van der Waals surface area contributed by atoms with Gasteiger partial charge in [-0.3, -0.25) is 4.99 Å². The van der Waals surface area contributed by atoms with Crippen LogP contribution in [0.1, 0.15) is 18.2 Å². The van der Waals surface area contributed by atoms with E-state index in [-0.39, 0.29) is 35.5 Å². The Morgan fingerprint density at radius 2 is 2.16 bits per heavy atom. The number of rotatable bonds is 7. The zero-order chi connectivity index (χ0) is 17.4. The summed E-state index contributed by atoms with van der Waals surface area (Å²) in [6, 6.07) is 8.78. The molecule has 0 aliphatic rings. The molecule has 0 unspecified atom stereocenters. The number of nitrogens with one attached hydrogen (secondary N) is 1. The van der Waals surface area contributed by atoms with Crippen LogP contribution in [0.2, 0.25) is 0 Å². The first-order valence-electron chi connectivity index (χ1n) is 7.98. The molecule has 0 radical (unpaired) electrons. The number of benzene rings is 1. The summed E-state index contributed by atoms with van der Waals surface area (Å²) in [4.78, 5) is 6.56. The summed E-state index contributed by atoms with van der Waals surface area (Å²) < 4.78 is 24.1. The fraction of sp³-hybridized carbons (Fsp3) is 0.389. The number of methoxy groups -OCH3 is 1. The third-order valence-corrected chi connectivity index (χ3v) is 3.53. The molecule has 2 rings (SSSR count). The van der Waals surface area contributed by atoms with Crippen LogP contribution in [0.25, 0.3) is 0 Å². The SMILES string of the molecule is CCNC(=NCCc1ccco1)N(C)Cc1ccc(OC)c(F)c1.I. The molecule has 0 atom stereocenters. The highest BCUT2D eigenvalue weighted by molar-refractivity contribution is 14.0. The van der Waals surface area contributed by atoms with Crippen molar-refractivity contribution in [1.29, 1.82) is 0 Å². The van der Waals surface area contributed by atoms with E-state index in [1.807, 2.05) is 37.1 Å². The number of aliphatic imine (C=N–C) groups is 1. The van der Waals surface area contributed by atoms with Crippen molar-refractivity contribution in [3.63, 3.8) is 0 Å². The summed E-state index contributed by atoms with van der Waals surface area (Å²) in [5, 5.41) is 3.25. The average Bonchev–Trinajstić information content (AvgIpc) is 3.07. The molecule has 1 aromatic carbocycles. The van der Waals surface area contributed by atoms with E-state index in [4.69, 9.17) is 9.15 Å². The molecule has 0 aliphatic carbocycles. The largest absolute Gasteiger partial charge is 0.494 e. The van der Waals surface area contributed by atoms with Crippen molar-refractivity contribution in [2.75, 3.05) is 27.2 Å². The van der Waals surface area contributed by atoms with Crippen LogP contribution in [0, 0.1) is 5.82 Å². The third kappa shape index (κ3) is 6.56. The number of furan rings is 1. The van der Waals surface area contributed by atoms with Gasteiger partial charge in [-0.1, -0.05) is 6.07 Å². The number of nitrogens with zero attached hydrogens (tertiary/aromatic N) is 2. The Kier molecular flexibility index (Phi) is 9.33. The van der Waals surface area contributed by atoms with Crippen LogP contribution in [0.5, 0.6) is 5.75 Å². The molecule has 5 nitrogen and oxygen atoms in total. The Morgan fingerprint density at radius 1 is 1.36 bits per heavy atom. The first-order valence-corrected chi connectivity index (χ1v) is 7.98. The van der Waals surface area contributed by atoms with E-state index in [1.54, 1.807) is 12.3 Å². The number of hydrogen-bond donors (Lipinski definition) is 1. The molecule has 0 amide bonds. The summed E-state index contributed by atoms with van der Waals surface area (Å²) in [7, 11) is 3.38. The number of guanidine groups is 1. The first kappa shape index (κ1) is 21.3. The van der Waals surface area contributed by atoms with E-state index >= 15 is 0 Å². The predicted molar refractivity (Wildman–Crippen MR) is 108 cm³/mol. The van der Waals surface area contributed by atoms with Crippen molar-refractivity contribution in [2.45, 2.75) is 19.9 Å². The standard InChI is InChI=1S/C18H24FN3O2.HI/c1-4-20-18(21-10-9-15-6-5-11-24-15)22(2)13-14-7-8-17(23-3)16(19)12-14;/h5-8,11-12H,4,9-10,13H2,1-3H3,(H,20,21);1H. The topological polar surface area (TPSA) is 50.0 Å². The second-order valence-electron chi connectivity index (χ2n) is 5.39. The molecule has 0 fully saturated rings. The normalized spacial score (nSPS) is 11.0. The number of hydrogen-bond acceptors (Lipinski definition) is 3. The van der Waals surface area contributed by atoms with Crippen LogP contribution in [0.3, 0.4) is 0 Å². The highest BCUT2D eigenvalue weighted by Crippen LogP contribution is 2.18. The van der Waals surface area contributed by atoms with Gasteiger partial charge in [0.15, 0.2) is 17.5 Å². The summed E-state index contributed by atoms with van der Waals surface area (Å²) >= 11 is 0. The minimum absolute atomic E-state index is 0. The maximum absolute atomic E-state index is 13.8. The molecule has 1 N–H and O–H groups in total. The van der Waals surface area contributed by atoms with Crippen LogP contribution < -0.4 is 10.1 Å². The summed E-state index contributed by atoms with van der Waals surface area (Å²) in [6.07, 6.45) is 2.40. The van der Waals surface area contributed by atoms with Crippen molar-refractivity contribution in [2.24, 2.45) is 4.99 Å². The van der Waals surface area contributed by atoms with Gasteiger partial charge in [-0.05, 0) is 36.8 Å². The van der Waals surface area contributed by atoms with Gasteiger partial charge >= 0.3 is 0 Å². The van der Waals surface area contributed by atoms with Crippen molar-refractivity contribution in [1.82, 2.24) is 10.2 Å². The summed E-state index contributed by atoms with van der Waals surface area (Å²) in [5.74, 6) is 1.58. The molecule has 25 heavy (non-hydrogen) atoms. The number of ether oxygens (including phenoxy) is 1. The first-order chi connectivity index (χ1) is 11.6. The molecule has 0 saturated carbocycles. The van der Waals surface area contributed by atoms with Gasteiger partial charge in [0, 0.05) is 33.1 Å². The van der Waals surface area contributed by atoms with Crippen molar-refractivity contribution in [3.8, 4) is 5.75 Å². The van der Waals surface area contributed by atoms with Gasteiger partial charge < -0.3 is 19.4 Å². The molecule has 1 heterocycles. The predicted octanol–water partition coefficient (Wildman–Crippen LogP) is 3.69. The van der Waals surface area contributed by atoms with Crippen LogP contribution >= 0.6 is 24.0 Å². The molecular formula is C18H25FIN3O2. The zero-order valence-electron chi connectivity index (χ0n) is 14.8. The Balaban J connectivity index is 0.00000312. The van der Waals surface area contributed by atoms with Crippen LogP contribution in [0.4, 0.5) is 4.39 Å². The Hall–Kier alpha value is -1.77. The number of halogens is 2. The van der Waals surface area contributed by atoms with E-state index in [2.05, 4.69) is 10.3 Å². The van der Waals surface area contributed by atoms with Gasteiger partial charge in [0.05, 0.1) is 13.4 Å². The van der Waals surface area contributed by atoms with Gasteiger partial charge in [-0.2, -0.15) is 0 Å². The zero-order valence-corrected chi connectivity index (χ0v) is 17.1. The quantitative estimate of drug-likeness (QED) is 0.389. The maximum atomic E-state index is 13.8. The van der Waals surface area contributed by atoms with Gasteiger partial charge in [-0.15, -0.1) is 24.0 Å². The molecule has 0 bridgehead atoms. The monoisotopic (exact) mass is 461 g/mol. The minimum atomic E-state index is -0.358. The second-order valence-corrected chi connectivity index (χ2v) is 5.39. The van der Waals surface area contributed by atoms with Crippen LogP contribution in [-0.4, -0.2) is 38.1 Å². The summed E-state index contributed by atoms with van der Waals surface area (Å²) in [6.45, 7) is 3.95. The molecule has 7 heteroatoms. The van der Waals surface area contributed by atoms with Gasteiger partial charge in [0.1, 0.15) is 5.76 Å². The summed E-state index contributed by atoms with van der Waals surface area (Å²) in [5.41, 5.74) is 0.854. The van der Waals surface area contributed by atoms with Gasteiger partial charge in [0.2, 0.25) is 0 Å². The van der Waals surface area contributed by atoms with E-state index in [1.165, 1.54) is 13.2 Å².